The minimum atomic E-state index is -0.104. The third kappa shape index (κ3) is 5.37. The third-order valence-corrected chi connectivity index (χ3v) is 3.98. The SMILES string of the molecule is Br.Br.[O-][n+]1cc(O)ccc1CON1CCN=C1Nc1c(Cl)cccc1Cl. The van der Waals surface area contributed by atoms with Crippen molar-refractivity contribution in [1.82, 2.24) is 5.06 Å². The molecule has 0 aliphatic carbocycles. The van der Waals surface area contributed by atoms with Crippen LogP contribution in [-0.4, -0.2) is 29.2 Å². The number of guanidine groups is 1. The monoisotopic (exact) mass is 528 g/mol. The molecule has 1 aliphatic heterocycles. The van der Waals surface area contributed by atoms with E-state index in [1.165, 1.54) is 17.2 Å². The maximum Gasteiger partial charge on any atom is 0.223 e. The van der Waals surface area contributed by atoms with Crippen LogP contribution in [0.15, 0.2) is 41.5 Å². The van der Waals surface area contributed by atoms with Gasteiger partial charge in [-0.15, -0.1) is 34.0 Å². The highest BCUT2D eigenvalue weighted by molar-refractivity contribution is 8.93. The minimum Gasteiger partial charge on any atom is -0.618 e. The molecule has 2 N–H and O–H groups in total. The van der Waals surface area contributed by atoms with Crippen LogP contribution in [0.25, 0.3) is 0 Å². The van der Waals surface area contributed by atoms with Gasteiger partial charge in [0.05, 0.1) is 28.8 Å². The van der Waals surface area contributed by atoms with Crippen molar-refractivity contribution in [3.8, 4) is 5.75 Å². The zero-order valence-corrected chi connectivity index (χ0v) is 18.2. The number of aromatic nitrogens is 1. The van der Waals surface area contributed by atoms with Crippen molar-refractivity contribution in [3.63, 3.8) is 0 Å². The topological polar surface area (TPSA) is 84.0 Å². The Hall–Kier alpha value is -1.26. The van der Waals surface area contributed by atoms with Gasteiger partial charge in [0.2, 0.25) is 17.9 Å². The lowest BCUT2D eigenvalue weighted by molar-refractivity contribution is -0.618. The van der Waals surface area contributed by atoms with Gasteiger partial charge >= 0.3 is 0 Å². The van der Waals surface area contributed by atoms with E-state index in [0.29, 0.717) is 45.2 Å². The molecule has 0 saturated heterocycles. The van der Waals surface area contributed by atoms with Crippen molar-refractivity contribution in [2.75, 3.05) is 18.4 Å². The molecule has 0 saturated carbocycles. The van der Waals surface area contributed by atoms with Crippen LogP contribution < -0.4 is 10.0 Å². The van der Waals surface area contributed by atoms with Gasteiger partial charge in [0.1, 0.15) is 0 Å². The molecule has 0 unspecified atom stereocenters. The largest absolute Gasteiger partial charge is 0.618 e. The fraction of sp³-hybridized carbons (Fsp3) is 0.200. The van der Waals surface area contributed by atoms with Gasteiger partial charge in [-0.1, -0.05) is 29.3 Å². The molecule has 11 heteroatoms. The maximum absolute atomic E-state index is 11.7. The van der Waals surface area contributed by atoms with Crippen LogP contribution in [0.5, 0.6) is 5.75 Å². The fourth-order valence-electron chi connectivity index (χ4n) is 2.15. The number of hydrogen-bond donors (Lipinski definition) is 2. The van der Waals surface area contributed by atoms with Gasteiger partial charge in [0.25, 0.3) is 0 Å². The van der Waals surface area contributed by atoms with Crippen LogP contribution in [0.3, 0.4) is 0 Å². The van der Waals surface area contributed by atoms with Crippen molar-refractivity contribution in [2.24, 2.45) is 4.99 Å². The van der Waals surface area contributed by atoms with Gasteiger partial charge < -0.3 is 15.6 Å². The van der Waals surface area contributed by atoms with E-state index >= 15 is 0 Å². The first-order valence-corrected chi connectivity index (χ1v) is 7.87. The molecule has 26 heavy (non-hydrogen) atoms. The highest BCUT2D eigenvalue weighted by Crippen LogP contribution is 2.30. The van der Waals surface area contributed by atoms with Crippen LogP contribution in [0.4, 0.5) is 5.69 Å². The summed E-state index contributed by atoms with van der Waals surface area (Å²) in [6.07, 6.45) is 1.07. The molecule has 0 amide bonds. The van der Waals surface area contributed by atoms with E-state index in [0.717, 1.165) is 6.20 Å². The zero-order chi connectivity index (χ0) is 17.1. The second-order valence-corrected chi connectivity index (χ2v) is 5.82. The summed E-state index contributed by atoms with van der Waals surface area (Å²) in [5, 5.41) is 26.4. The molecule has 1 aromatic heterocycles. The Morgan fingerprint density at radius 1 is 1.23 bits per heavy atom. The van der Waals surface area contributed by atoms with Crippen LogP contribution in [0.2, 0.25) is 10.0 Å². The molecule has 2 heterocycles. The molecule has 1 aliphatic rings. The van der Waals surface area contributed by atoms with E-state index in [-0.39, 0.29) is 46.3 Å². The summed E-state index contributed by atoms with van der Waals surface area (Å²) < 4.78 is 0.556. The van der Waals surface area contributed by atoms with Gasteiger partial charge in [0.15, 0.2) is 12.4 Å². The van der Waals surface area contributed by atoms with E-state index in [1.54, 1.807) is 18.2 Å². The molecule has 0 bridgehead atoms. The van der Waals surface area contributed by atoms with Gasteiger partial charge in [0, 0.05) is 6.07 Å². The van der Waals surface area contributed by atoms with E-state index in [1.807, 2.05) is 0 Å². The summed E-state index contributed by atoms with van der Waals surface area (Å²) in [5.41, 5.74) is 0.897. The van der Waals surface area contributed by atoms with E-state index in [2.05, 4.69) is 10.3 Å². The van der Waals surface area contributed by atoms with Crippen LogP contribution >= 0.6 is 57.2 Å². The first-order chi connectivity index (χ1) is 11.5. The summed E-state index contributed by atoms with van der Waals surface area (Å²) in [6, 6.07) is 8.10. The highest BCUT2D eigenvalue weighted by Gasteiger charge is 2.21. The van der Waals surface area contributed by atoms with Gasteiger partial charge in [-0.3, -0.25) is 4.84 Å². The number of pyridine rings is 1. The van der Waals surface area contributed by atoms with Crippen molar-refractivity contribution >= 4 is 68.8 Å². The molecular formula is C15H16Br2Cl2N4O3. The first kappa shape index (κ1) is 22.8. The summed E-state index contributed by atoms with van der Waals surface area (Å²) in [5.74, 6) is 0.355. The van der Waals surface area contributed by atoms with Gasteiger partial charge in [-0.05, 0) is 18.2 Å². The van der Waals surface area contributed by atoms with Crippen molar-refractivity contribution in [1.29, 1.82) is 0 Å². The number of rotatable bonds is 4. The van der Waals surface area contributed by atoms with Crippen LogP contribution in [-0.2, 0) is 11.4 Å². The molecule has 2 aromatic rings. The van der Waals surface area contributed by atoms with E-state index < -0.39 is 0 Å². The highest BCUT2D eigenvalue weighted by atomic mass is 79.9. The third-order valence-electron chi connectivity index (χ3n) is 3.35. The number of anilines is 1. The number of halogens is 4. The Morgan fingerprint density at radius 2 is 1.92 bits per heavy atom. The molecule has 3 rings (SSSR count). The van der Waals surface area contributed by atoms with Crippen LogP contribution in [0.1, 0.15) is 5.69 Å². The quantitative estimate of drug-likeness (QED) is 0.465. The Morgan fingerprint density at radius 3 is 2.58 bits per heavy atom. The normalized spacial score (nSPS) is 12.8. The average Bonchev–Trinajstić information content (AvgIpc) is 2.97. The second-order valence-electron chi connectivity index (χ2n) is 5.01. The molecular weight excluding hydrogens is 515 g/mol. The number of hydrogen-bond acceptors (Lipinski definition) is 6. The number of aromatic hydroxyl groups is 1. The lowest BCUT2D eigenvalue weighted by Gasteiger charge is -2.20. The molecule has 1 aromatic carbocycles. The predicted molar refractivity (Wildman–Crippen MR) is 112 cm³/mol. The molecule has 0 atom stereocenters. The molecule has 0 fully saturated rings. The smallest absolute Gasteiger partial charge is 0.223 e. The Labute approximate surface area is 181 Å². The summed E-state index contributed by atoms with van der Waals surface area (Å²) in [4.78, 5) is 9.93. The van der Waals surface area contributed by atoms with Gasteiger partial charge in [-0.2, -0.15) is 4.73 Å². The fourth-order valence-corrected chi connectivity index (χ4v) is 2.64. The van der Waals surface area contributed by atoms with E-state index in [9.17, 15) is 10.3 Å². The Kier molecular flexibility index (Phi) is 8.91. The van der Waals surface area contributed by atoms with Crippen molar-refractivity contribution in [2.45, 2.75) is 6.61 Å². The summed E-state index contributed by atoms with van der Waals surface area (Å²) >= 11 is 12.3. The number of aliphatic imine (C=N–C) groups is 1. The number of hydroxylamine groups is 2. The lowest BCUT2D eigenvalue weighted by Crippen LogP contribution is -2.36. The molecule has 7 nitrogen and oxygen atoms in total. The standard InChI is InChI=1S/C15H14Cl2N4O3.2BrH/c16-12-2-1-3-13(17)14(12)19-15-18-6-7-21(15)24-9-10-4-5-11(22)8-20(10)23;;/h1-5,8,22H,6-7,9H2,(H,18,19);2*1H. The maximum atomic E-state index is 11.7. The second kappa shape index (κ2) is 10.2. The van der Waals surface area contributed by atoms with Crippen molar-refractivity contribution in [3.05, 3.63) is 57.5 Å². The Balaban J connectivity index is 0.00000169. The predicted octanol–water partition coefficient (Wildman–Crippen LogP) is 3.70. The number of benzene rings is 1. The zero-order valence-electron chi connectivity index (χ0n) is 13.3. The van der Waals surface area contributed by atoms with Crippen molar-refractivity contribution < 1.29 is 14.7 Å². The number of nitrogens with one attached hydrogen (secondary N) is 1. The van der Waals surface area contributed by atoms with Gasteiger partial charge in [-0.25, -0.2) is 10.1 Å². The first-order valence-electron chi connectivity index (χ1n) is 7.11. The summed E-state index contributed by atoms with van der Waals surface area (Å²) in [7, 11) is 0. The van der Waals surface area contributed by atoms with E-state index in [4.69, 9.17) is 28.0 Å². The molecule has 142 valence electrons. The summed E-state index contributed by atoms with van der Waals surface area (Å²) in [6.45, 7) is 1.10. The molecule has 0 radical (unpaired) electrons. The average molecular weight is 531 g/mol. The molecule has 0 spiro atoms. The number of para-hydroxylation sites is 1. The minimum absolute atomic E-state index is 0. The lowest BCUT2D eigenvalue weighted by atomic mass is 10.3. The Bertz CT molecular complexity index is 775. The van der Waals surface area contributed by atoms with Crippen LogP contribution in [0, 0.1) is 5.21 Å². The number of nitrogens with zero attached hydrogens (tertiary/aromatic N) is 3.